The summed E-state index contributed by atoms with van der Waals surface area (Å²) in [7, 11) is 0. The van der Waals surface area contributed by atoms with Crippen molar-refractivity contribution in [2.45, 2.75) is 20.4 Å². The van der Waals surface area contributed by atoms with Gasteiger partial charge in [-0.1, -0.05) is 0 Å². The van der Waals surface area contributed by atoms with Crippen LogP contribution in [0.2, 0.25) is 0 Å². The van der Waals surface area contributed by atoms with E-state index in [1.807, 2.05) is 31.2 Å². The average molecular weight is 356 g/mol. The van der Waals surface area contributed by atoms with Crippen molar-refractivity contribution in [3.8, 4) is 0 Å². The molecule has 1 amide bonds. The molecular weight excluding hydrogens is 332 g/mol. The van der Waals surface area contributed by atoms with Crippen LogP contribution >= 0.6 is 0 Å². The molecule has 1 N–H and O–H groups in total. The maximum atomic E-state index is 12.3. The summed E-state index contributed by atoms with van der Waals surface area (Å²) < 4.78 is 6.87. The number of ether oxygens (including phenoxy) is 1. The predicted octanol–water partition coefficient (Wildman–Crippen LogP) is 1.13. The first-order valence-corrected chi connectivity index (χ1v) is 8.80. The second kappa shape index (κ2) is 8.14. The monoisotopic (exact) mass is 356 g/mol. The molecule has 1 aromatic heterocycles. The summed E-state index contributed by atoms with van der Waals surface area (Å²) in [6.07, 6.45) is 1.52. The number of nitrogens with one attached hydrogen (secondary N) is 1. The van der Waals surface area contributed by atoms with Crippen LogP contribution in [-0.2, 0) is 11.3 Å². The standard InChI is InChI=1S/C19H24N4O3/c1-14-15(2)21-13-23(19(14)25)8-7-20-18(24)16-3-5-17(6-4-16)22-9-11-26-12-10-22/h3-6,13H,7-12H2,1-2H3,(H,20,24). The number of hydrogen-bond acceptors (Lipinski definition) is 5. The van der Waals surface area contributed by atoms with Crippen molar-refractivity contribution in [2.24, 2.45) is 0 Å². The number of benzene rings is 1. The number of aryl methyl sites for hydroxylation is 1. The molecule has 0 saturated carbocycles. The highest BCUT2D eigenvalue weighted by Gasteiger charge is 2.12. The second-order valence-corrected chi connectivity index (χ2v) is 6.36. The van der Waals surface area contributed by atoms with Crippen molar-refractivity contribution in [3.63, 3.8) is 0 Å². The number of hydrogen-bond donors (Lipinski definition) is 1. The van der Waals surface area contributed by atoms with E-state index >= 15 is 0 Å². The van der Waals surface area contributed by atoms with Crippen LogP contribution in [0.15, 0.2) is 35.4 Å². The summed E-state index contributed by atoms with van der Waals surface area (Å²) in [6, 6.07) is 7.56. The molecule has 1 aromatic carbocycles. The first-order chi connectivity index (χ1) is 12.6. The third kappa shape index (κ3) is 4.11. The number of aromatic nitrogens is 2. The van der Waals surface area contributed by atoms with E-state index < -0.39 is 0 Å². The second-order valence-electron chi connectivity index (χ2n) is 6.36. The van der Waals surface area contributed by atoms with Gasteiger partial charge in [0.2, 0.25) is 0 Å². The highest BCUT2D eigenvalue weighted by atomic mass is 16.5. The average Bonchev–Trinajstić information content (AvgIpc) is 2.68. The minimum atomic E-state index is -0.150. The molecular formula is C19H24N4O3. The summed E-state index contributed by atoms with van der Waals surface area (Å²) in [5, 5.41) is 2.85. The van der Waals surface area contributed by atoms with E-state index in [1.165, 1.54) is 10.9 Å². The van der Waals surface area contributed by atoms with E-state index in [0.29, 0.717) is 24.2 Å². The van der Waals surface area contributed by atoms with Crippen LogP contribution in [0.25, 0.3) is 0 Å². The molecule has 2 aromatic rings. The Labute approximate surface area is 152 Å². The van der Waals surface area contributed by atoms with Crippen molar-refractivity contribution in [1.82, 2.24) is 14.9 Å². The lowest BCUT2D eigenvalue weighted by atomic mass is 10.1. The zero-order valence-corrected chi connectivity index (χ0v) is 15.2. The molecule has 0 spiro atoms. The zero-order chi connectivity index (χ0) is 18.5. The zero-order valence-electron chi connectivity index (χ0n) is 15.2. The van der Waals surface area contributed by atoms with Crippen LogP contribution in [0.1, 0.15) is 21.6 Å². The molecule has 2 heterocycles. The van der Waals surface area contributed by atoms with Crippen LogP contribution in [0.4, 0.5) is 5.69 Å². The van der Waals surface area contributed by atoms with Gasteiger partial charge < -0.3 is 15.0 Å². The molecule has 1 aliphatic heterocycles. The lowest BCUT2D eigenvalue weighted by molar-refractivity contribution is 0.0952. The van der Waals surface area contributed by atoms with E-state index in [1.54, 1.807) is 6.92 Å². The van der Waals surface area contributed by atoms with Gasteiger partial charge in [-0.2, -0.15) is 0 Å². The number of amides is 1. The van der Waals surface area contributed by atoms with Crippen LogP contribution in [-0.4, -0.2) is 48.3 Å². The van der Waals surface area contributed by atoms with E-state index in [0.717, 1.165) is 37.7 Å². The van der Waals surface area contributed by atoms with Gasteiger partial charge in [0.15, 0.2) is 0 Å². The third-order valence-corrected chi connectivity index (χ3v) is 4.66. The van der Waals surface area contributed by atoms with Crippen LogP contribution in [0, 0.1) is 13.8 Å². The summed E-state index contributed by atoms with van der Waals surface area (Å²) in [6.45, 7) is 7.52. The van der Waals surface area contributed by atoms with Crippen molar-refractivity contribution in [2.75, 3.05) is 37.7 Å². The van der Waals surface area contributed by atoms with Crippen LogP contribution in [0.5, 0.6) is 0 Å². The smallest absolute Gasteiger partial charge is 0.256 e. The largest absolute Gasteiger partial charge is 0.378 e. The third-order valence-electron chi connectivity index (χ3n) is 4.66. The van der Waals surface area contributed by atoms with E-state index in [-0.39, 0.29) is 11.5 Å². The van der Waals surface area contributed by atoms with Crippen molar-refractivity contribution in [3.05, 3.63) is 57.8 Å². The SMILES string of the molecule is Cc1ncn(CCNC(=O)c2ccc(N3CCOCC3)cc2)c(=O)c1C. The normalized spacial score (nSPS) is 14.3. The minimum Gasteiger partial charge on any atom is -0.378 e. The molecule has 0 bridgehead atoms. The Kier molecular flexibility index (Phi) is 5.68. The lowest BCUT2D eigenvalue weighted by Gasteiger charge is -2.28. The van der Waals surface area contributed by atoms with Gasteiger partial charge in [-0.05, 0) is 38.1 Å². The van der Waals surface area contributed by atoms with Crippen molar-refractivity contribution >= 4 is 11.6 Å². The summed E-state index contributed by atoms with van der Waals surface area (Å²) >= 11 is 0. The number of carbonyl (C=O) groups is 1. The van der Waals surface area contributed by atoms with E-state index in [9.17, 15) is 9.59 Å². The Hall–Kier alpha value is -2.67. The quantitative estimate of drug-likeness (QED) is 0.869. The number of rotatable bonds is 5. The van der Waals surface area contributed by atoms with E-state index in [2.05, 4.69) is 15.2 Å². The maximum Gasteiger partial charge on any atom is 0.256 e. The molecule has 7 heteroatoms. The fourth-order valence-electron chi connectivity index (χ4n) is 2.87. The number of anilines is 1. The first kappa shape index (κ1) is 18.1. The topological polar surface area (TPSA) is 76.5 Å². The van der Waals surface area contributed by atoms with Crippen molar-refractivity contribution < 1.29 is 9.53 Å². The number of nitrogens with zero attached hydrogens (tertiary/aromatic N) is 3. The van der Waals surface area contributed by atoms with Gasteiger partial charge in [0.25, 0.3) is 11.5 Å². The van der Waals surface area contributed by atoms with E-state index in [4.69, 9.17) is 4.74 Å². The Bertz CT molecular complexity index is 824. The molecule has 1 fully saturated rings. The van der Waals surface area contributed by atoms with Gasteiger partial charge >= 0.3 is 0 Å². The molecule has 7 nitrogen and oxygen atoms in total. The maximum absolute atomic E-state index is 12.3. The van der Waals surface area contributed by atoms with Gasteiger partial charge in [0, 0.05) is 48.7 Å². The first-order valence-electron chi connectivity index (χ1n) is 8.80. The molecule has 26 heavy (non-hydrogen) atoms. The summed E-state index contributed by atoms with van der Waals surface area (Å²) in [5.74, 6) is -0.150. The summed E-state index contributed by atoms with van der Waals surface area (Å²) in [5.41, 5.74) is 3.00. The molecule has 0 aliphatic carbocycles. The van der Waals surface area contributed by atoms with Crippen LogP contribution < -0.4 is 15.8 Å². The highest BCUT2D eigenvalue weighted by molar-refractivity contribution is 5.94. The molecule has 0 radical (unpaired) electrons. The molecule has 138 valence electrons. The highest BCUT2D eigenvalue weighted by Crippen LogP contribution is 2.16. The minimum absolute atomic E-state index is 0.0680. The fraction of sp³-hybridized carbons (Fsp3) is 0.421. The van der Waals surface area contributed by atoms with Crippen molar-refractivity contribution in [1.29, 1.82) is 0 Å². The Morgan fingerprint density at radius 3 is 2.58 bits per heavy atom. The lowest BCUT2D eigenvalue weighted by Crippen LogP contribution is -2.36. The molecule has 3 rings (SSSR count). The Balaban J connectivity index is 1.55. The predicted molar refractivity (Wildman–Crippen MR) is 99.8 cm³/mol. The fourth-order valence-corrected chi connectivity index (χ4v) is 2.87. The molecule has 0 unspecified atom stereocenters. The summed E-state index contributed by atoms with van der Waals surface area (Å²) in [4.78, 5) is 30.8. The van der Waals surface area contributed by atoms with Gasteiger partial charge in [-0.15, -0.1) is 0 Å². The van der Waals surface area contributed by atoms with Gasteiger partial charge in [0.05, 0.1) is 19.5 Å². The molecule has 1 saturated heterocycles. The Morgan fingerprint density at radius 1 is 1.19 bits per heavy atom. The van der Waals surface area contributed by atoms with Gasteiger partial charge in [0.1, 0.15) is 0 Å². The van der Waals surface area contributed by atoms with Gasteiger partial charge in [-0.3, -0.25) is 14.2 Å². The van der Waals surface area contributed by atoms with Crippen LogP contribution in [0.3, 0.4) is 0 Å². The van der Waals surface area contributed by atoms with Gasteiger partial charge in [-0.25, -0.2) is 4.98 Å². The molecule has 0 atom stereocenters. The number of morpholine rings is 1. The number of carbonyl (C=O) groups excluding carboxylic acids is 1. The Morgan fingerprint density at radius 2 is 1.88 bits per heavy atom. The molecule has 1 aliphatic rings.